The van der Waals surface area contributed by atoms with E-state index in [9.17, 15) is 12.8 Å². The number of sulfonamides is 1. The van der Waals surface area contributed by atoms with Crippen LogP contribution in [-0.2, 0) is 16.6 Å². The molecule has 0 spiro atoms. The van der Waals surface area contributed by atoms with Crippen molar-refractivity contribution in [2.45, 2.75) is 24.5 Å². The van der Waals surface area contributed by atoms with E-state index in [0.717, 1.165) is 6.07 Å². The standard InChI is InChI=1S/C13H19FN2O3S/c1-10-8-16(6-5-15(10)2)20(18,19)13-7-11(9-17)3-4-12(13)14/h3-4,7,10,17H,5-6,8-9H2,1-2H3. The summed E-state index contributed by atoms with van der Waals surface area (Å²) in [6.45, 7) is 2.90. The van der Waals surface area contributed by atoms with Crippen LogP contribution in [0.5, 0.6) is 0 Å². The summed E-state index contributed by atoms with van der Waals surface area (Å²) < 4.78 is 40.2. The molecule has 112 valence electrons. The van der Waals surface area contributed by atoms with Crippen LogP contribution in [0.4, 0.5) is 4.39 Å². The Morgan fingerprint density at radius 1 is 1.40 bits per heavy atom. The van der Waals surface area contributed by atoms with Crippen molar-refractivity contribution in [2.24, 2.45) is 0 Å². The van der Waals surface area contributed by atoms with Crippen LogP contribution in [0, 0.1) is 5.82 Å². The Morgan fingerprint density at radius 3 is 2.70 bits per heavy atom. The molecule has 0 radical (unpaired) electrons. The molecule has 0 bridgehead atoms. The van der Waals surface area contributed by atoms with E-state index in [0.29, 0.717) is 25.2 Å². The highest BCUT2D eigenvalue weighted by atomic mass is 32.2. The Balaban J connectivity index is 2.35. The first kappa shape index (κ1) is 15.4. The van der Waals surface area contributed by atoms with E-state index in [1.165, 1.54) is 16.4 Å². The molecule has 7 heteroatoms. The fourth-order valence-corrected chi connectivity index (χ4v) is 3.84. The van der Waals surface area contributed by atoms with Gasteiger partial charge in [-0.15, -0.1) is 0 Å². The summed E-state index contributed by atoms with van der Waals surface area (Å²) in [6, 6.07) is 3.75. The molecule has 2 rings (SSSR count). The lowest BCUT2D eigenvalue weighted by Crippen LogP contribution is -2.51. The minimum atomic E-state index is -3.86. The van der Waals surface area contributed by atoms with Gasteiger partial charge in [0.15, 0.2) is 0 Å². The van der Waals surface area contributed by atoms with Gasteiger partial charge in [-0.1, -0.05) is 6.07 Å². The molecule has 20 heavy (non-hydrogen) atoms. The number of nitrogens with zero attached hydrogens (tertiary/aromatic N) is 2. The molecular weight excluding hydrogens is 283 g/mol. The predicted molar refractivity (Wildman–Crippen MR) is 73.2 cm³/mol. The second kappa shape index (κ2) is 5.77. The Morgan fingerprint density at radius 2 is 2.10 bits per heavy atom. The van der Waals surface area contributed by atoms with Gasteiger partial charge in [-0.25, -0.2) is 12.8 Å². The summed E-state index contributed by atoms with van der Waals surface area (Å²) in [6.07, 6.45) is 0. The maximum absolute atomic E-state index is 13.8. The zero-order valence-electron chi connectivity index (χ0n) is 11.6. The number of likely N-dealkylation sites (N-methyl/N-ethyl adjacent to an activating group) is 1. The monoisotopic (exact) mass is 302 g/mol. The Bertz CT molecular complexity index is 591. The minimum absolute atomic E-state index is 0.0858. The number of piperazine rings is 1. The molecule has 1 unspecified atom stereocenters. The largest absolute Gasteiger partial charge is 0.392 e. The molecule has 1 saturated heterocycles. The lowest BCUT2D eigenvalue weighted by atomic mass is 10.2. The van der Waals surface area contributed by atoms with Crippen molar-refractivity contribution < 1.29 is 17.9 Å². The van der Waals surface area contributed by atoms with Crippen molar-refractivity contribution >= 4 is 10.0 Å². The third-order valence-corrected chi connectivity index (χ3v) is 5.60. The third-order valence-electron chi connectivity index (χ3n) is 3.72. The van der Waals surface area contributed by atoms with Gasteiger partial charge in [0.1, 0.15) is 10.7 Å². The second-order valence-electron chi connectivity index (χ2n) is 5.12. The zero-order valence-corrected chi connectivity index (χ0v) is 12.4. The average Bonchev–Trinajstić information content (AvgIpc) is 2.42. The summed E-state index contributed by atoms with van der Waals surface area (Å²) in [4.78, 5) is 1.70. The SMILES string of the molecule is CC1CN(S(=O)(=O)c2cc(CO)ccc2F)CCN1C. The summed E-state index contributed by atoms with van der Waals surface area (Å²) in [5, 5.41) is 9.07. The van der Waals surface area contributed by atoms with Gasteiger partial charge < -0.3 is 10.0 Å². The molecule has 1 aromatic rings. The van der Waals surface area contributed by atoms with E-state index in [1.807, 2.05) is 14.0 Å². The Labute approximate surface area is 118 Å². The predicted octanol–water partition coefficient (Wildman–Crippen LogP) is 0.643. The van der Waals surface area contributed by atoms with E-state index < -0.39 is 15.8 Å². The smallest absolute Gasteiger partial charge is 0.246 e. The zero-order chi connectivity index (χ0) is 14.9. The molecule has 1 atom stereocenters. The van der Waals surface area contributed by atoms with Crippen LogP contribution >= 0.6 is 0 Å². The molecular formula is C13H19FN2O3S. The molecule has 0 aliphatic carbocycles. The molecule has 1 N–H and O–H groups in total. The first-order valence-electron chi connectivity index (χ1n) is 6.46. The Kier molecular flexibility index (Phi) is 4.43. The first-order valence-corrected chi connectivity index (χ1v) is 7.90. The third kappa shape index (κ3) is 2.85. The highest BCUT2D eigenvalue weighted by molar-refractivity contribution is 7.89. The molecule has 1 fully saturated rings. The van der Waals surface area contributed by atoms with Gasteiger partial charge >= 0.3 is 0 Å². The van der Waals surface area contributed by atoms with E-state index in [-0.39, 0.29) is 17.5 Å². The van der Waals surface area contributed by atoms with Gasteiger partial charge in [-0.05, 0) is 31.7 Å². The quantitative estimate of drug-likeness (QED) is 0.890. The maximum atomic E-state index is 13.8. The Hall–Kier alpha value is -1.02. The van der Waals surface area contributed by atoms with Crippen LogP contribution in [-0.4, -0.2) is 55.5 Å². The molecule has 1 aliphatic rings. The van der Waals surface area contributed by atoms with Gasteiger partial charge in [-0.3, -0.25) is 0 Å². The van der Waals surface area contributed by atoms with Crippen molar-refractivity contribution in [3.05, 3.63) is 29.6 Å². The molecule has 0 amide bonds. The fourth-order valence-electron chi connectivity index (χ4n) is 2.22. The van der Waals surface area contributed by atoms with E-state index in [4.69, 9.17) is 5.11 Å². The maximum Gasteiger partial charge on any atom is 0.246 e. The molecule has 1 aliphatic heterocycles. The lowest BCUT2D eigenvalue weighted by molar-refractivity contribution is 0.159. The number of hydrogen-bond donors (Lipinski definition) is 1. The number of aliphatic hydroxyl groups is 1. The number of benzene rings is 1. The van der Waals surface area contributed by atoms with Gasteiger partial charge in [0.05, 0.1) is 6.61 Å². The molecule has 1 aromatic carbocycles. The normalized spacial score (nSPS) is 22.1. The minimum Gasteiger partial charge on any atom is -0.392 e. The number of aliphatic hydroxyl groups excluding tert-OH is 1. The van der Waals surface area contributed by atoms with Crippen LogP contribution in [0.25, 0.3) is 0 Å². The van der Waals surface area contributed by atoms with Crippen molar-refractivity contribution in [2.75, 3.05) is 26.7 Å². The summed E-state index contributed by atoms with van der Waals surface area (Å²) >= 11 is 0. The van der Waals surface area contributed by atoms with Crippen molar-refractivity contribution in [3.63, 3.8) is 0 Å². The van der Waals surface area contributed by atoms with E-state index in [1.54, 1.807) is 0 Å². The molecule has 0 saturated carbocycles. The van der Waals surface area contributed by atoms with E-state index in [2.05, 4.69) is 4.90 Å². The molecule has 0 aromatic heterocycles. The number of rotatable bonds is 3. The van der Waals surface area contributed by atoms with Gasteiger partial charge in [0, 0.05) is 25.7 Å². The number of hydrogen-bond acceptors (Lipinski definition) is 4. The lowest BCUT2D eigenvalue weighted by Gasteiger charge is -2.36. The highest BCUT2D eigenvalue weighted by Crippen LogP contribution is 2.23. The van der Waals surface area contributed by atoms with Gasteiger partial charge in [0.25, 0.3) is 0 Å². The second-order valence-corrected chi connectivity index (χ2v) is 7.02. The number of halogens is 1. The van der Waals surface area contributed by atoms with Crippen LogP contribution in [0.1, 0.15) is 12.5 Å². The summed E-state index contributed by atoms with van der Waals surface area (Å²) in [7, 11) is -1.93. The average molecular weight is 302 g/mol. The van der Waals surface area contributed by atoms with Gasteiger partial charge in [-0.2, -0.15) is 4.31 Å². The van der Waals surface area contributed by atoms with Crippen LogP contribution in [0.15, 0.2) is 23.1 Å². The highest BCUT2D eigenvalue weighted by Gasteiger charge is 2.32. The fraction of sp³-hybridized carbons (Fsp3) is 0.538. The van der Waals surface area contributed by atoms with E-state index >= 15 is 0 Å². The van der Waals surface area contributed by atoms with Crippen molar-refractivity contribution in [1.82, 2.24) is 9.21 Å². The molecule has 1 heterocycles. The van der Waals surface area contributed by atoms with Crippen molar-refractivity contribution in [1.29, 1.82) is 0 Å². The first-order chi connectivity index (χ1) is 9.36. The molecule has 5 nitrogen and oxygen atoms in total. The summed E-state index contributed by atoms with van der Waals surface area (Å²) in [5.74, 6) is -0.784. The van der Waals surface area contributed by atoms with Crippen LogP contribution < -0.4 is 0 Å². The van der Waals surface area contributed by atoms with Crippen LogP contribution in [0.2, 0.25) is 0 Å². The van der Waals surface area contributed by atoms with Gasteiger partial charge in [0.2, 0.25) is 10.0 Å². The van der Waals surface area contributed by atoms with Crippen LogP contribution in [0.3, 0.4) is 0 Å². The summed E-state index contributed by atoms with van der Waals surface area (Å²) in [5.41, 5.74) is 0.382. The van der Waals surface area contributed by atoms with Crippen molar-refractivity contribution in [3.8, 4) is 0 Å². The topological polar surface area (TPSA) is 60.9 Å².